The fourth-order valence-corrected chi connectivity index (χ4v) is 11.1. The molecule has 19 nitrogen and oxygen atoms in total. The summed E-state index contributed by atoms with van der Waals surface area (Å²) in [7, 11) is 0. The quantitative estimate of drug-likeness (QED) is 0.0204. The lowest BCUT2D eigenvalue weighted by Gasteiger charge is -2.48. The predicted octanol–water partition coefficient (Wildman–Crippen LogP) is 7.83. The van der Waals surface area contributed by atoms with Gasteiger partial charge in [-0.3, -0.25) is 4.79 Å². The fourth-order valence-electron chi connectivity index (χ4n) is 11.1. The molecule has 0 bridgehead atoms. The maximum atomic E-state index is 13.3. The Balaban J connectivity index is 1.45. The summed E-state index contributed by atoms with van der Waals surface area (Å²) in [6.07, 6.45) is 29.7. The number of carbonyl (C=O) groups excluding carboxylic acids is 1. The van der Waals surface area contributed by atoms with Gasteiger partial charge in [-0.15, -0.1) is 0 Å². The van der Waals surface area contributed by atoms with Gasteiger partial charge in [0.2, 0.25) is 5.91 Å². The first-order valence-corrected chi connectivity index (χ1v) is 33.4. The first-order chi connectivity index (χ1) is 41.3. The lowest BCUT2D eigenvalue weighted by Crippen LogP contribution is -2.66. The van der Waals surface area contributed by atoms with Crippen molar-refractivity contribution in [3.05, 3.63) is 48.6 Å². The van der Waals surface area contributed by atoms with Crippen molar-refractivity contribution in [2.45, 2.75) is 336 Å². The summed E-state index contributed by atoms with van der Waals surface area (Å²) in [4.78, 5) is 13.3. The molecule has 12 N–H and O–H groups in total. The molecule has 0 aliphatic carbocycles. The molecular weight excluding hydrogens is 1090 g/mol. The summed E-state index contributed by atoms with van der Waals surface area (Å²) in [5.74, 6) is -0.300. The second-order valence-corrected chi connectivity index (χ2v) is 23.9. The molecule has 0 radical (unpaired) electrons. The number of aliphatic hydroxyl groups excluding tert-OH is 11. The van der Waals surface area contributed by atoms with Crippen LogP contribution in [0.3, 0.4) is 0 Å². The third kappa shape index (κ3) is 31.4. The zero-order valence-electron chi connectivity index (χ0n) is 52.1. The largest absolute Gasteiger partial charge is 0.394 e. The summed E-state index contributed by atoms with van der Waals surface area (Å²) >= 11 is 0. The van der Waals surface area contributed by atoms with Crippen LogP contribution in [0, 0.1) is 0 Å². The van der Waals surface area contributed by atoms with Crippen molar-refractivity contribution in [2.24, 2.45) is 0 Å². The van der Waals surface area contributed by atoms with E-state index in [2.05, 4.69) is 55.6 Å². The molecular formula is C66H119NO18. The molecule has 0 saturated carbocycles. The van der Waals surface area contributed by atoms with E-state index in [1.807, 2.05) is 6.08 Å². The van der Waals surface area contributed by atoms with Crippen LogP contribution in [-0.2, 0) is 33.2 Å². The molecule has 3 fully saturated rings. The highest BCUT2D eigenvalue weighted by atomic mass is 16.8. The van der Waals surface area contributed by atoms with Gasteiger partial charge in [0.05, 0.1) is 38.6 Å². The molecule has 3 aliphatic rings. The zero-order valence-corrected chi connectivity index (χ0v) is 52.1. The first kappa shape index (κ1) is 77.0. The molecule has 0 aromatic carbocycles. The average Bonchev–Trinajstić information content (AvgIpc) is 3.60. The maximum Gasteiger partial charge on any atom is 0.220 e. The molecule has 3 heterocycles. The number of unbranched alkanes of at least 4 members (excludes halogenated alkanes) is 28. The molecule has 3 aliphatic heterocycles. The Hall–Kier alpha value is -2.25. The number of aliphatic hydroxyl groups is 11. The normalized spacial score (nSPS) is 29.3. The van der Waals surface area contributed by atoms with E-state index in [0.29, 0.717) is 12.8 Å². The van der Waals surface area contributed by atoms with Crippen molar-refractivity contribution in [3.8, 4) is 0 Å². The number of rotatable bonds is 50. The Morgan fingerprint density at radius 2 is 0.753 bits per heavy atom. The Kier molecular flexibility index (Phi) is 44.0. The minimum absolute atomic E-state index is 0.221. The molecule has 19 heteroatoms. The van der Waals surface area contributed by atoms with Crippen LogP contribution in [0.5, 0.6) is 0 Å². The van der Waals surface area contributed by atoms with Crippen LogP contribution >= 0.6 is 0 Å². The fraction of sp³-hybridized carbons (Fsp3) is 0.864. The number of nitrogens with one attached hydrogen (secondary N) is 1. The highest BCUT2D eigenvalue weighted by Crippen LogP contribution is 2.33. The molecule has 0 aromatic heterocycles. The van der Waals surface area contributed by atoms with E-state index in [1.165, 1.54) is 135 Å². The number of ether oxygens (including phenoxy) is 6. The van der Waals surface area contributed by atoms with Crippen LogP contribution in [0.25, 0.3) is 0 Å². The Morgan fingerprint density at radius 1 is 0.412 bits per heavy atom. The van der Waals surface area contributed by atoms with Crippen molar-refractivity contribution in [1.29, 1.82) is 0 Å². The van der Waals surface area contributed by atoms with Gasteiger partial charge in [-0.05, 0) is 70.6 Å². The van der Waals surface area contributed by atoms with Crippen molar-refractivity contribution < 1.29 is 89.4 Å². The van der Waals surface area contributed by atoms with Gasteiger partial charge in [0.25, 0.3) is 0 Å². The number of hydrogen-bond acceptors (Lipinski definition) is 18. The smallest absolute Gasteiger partial charge is 0.220 e. The van der Waals surface area contributed by atoms with Crippen molar-refractivity contribution >= 4 is 5.91 Å². The van der Waals surface area contributed by atoms with Crippen LogP contribution in [0.15, 0.2) is 48.6 Å². The van der Waals surface area contributed by atoms with Gasteiger partial charge in [0.1, 0.15) is 73.2 Å². The number of hydrogen-bond donors (Lipinski definition) is 12. The molecule has 3 saturated heterocycles. The standard InChI is InChI=1S/C66H119NO18/c1-3-5-7-9-11-13-15-17-18-19-20-21-22-23-24-25-26-27-28-29-30-32-33-35-37-39-41-43-50(71)49(67-54(72)44-42-40-38-36-34-31-16-14-12-10-8-6-4-2)48-80-64-60(78)57(75)62(52(46-69)82-64)85-66-61(79)58(76)63(53(47-70)83-66)84-65-59(77)56(74)55(73)51(45-68)81-65/h14,16,28-29,33,35,41,43,49-53,55-66,68-71,73-79H,3-13,15,17-27,30-32,34,36-40,42,44-48H2,1-2H3,(H,67,72)/b16-14-,29-28+,35-33+,43-41+. The van der Waals surface area contributed by atoms with E-state index in [0.717, 1.165) is 64.2 Å². The van der Waals surface area contributed by atoms with Gasteiger partial charge < -0.3 is 89.9 Å². The second-order valence-electron chi connectivity index (χ2n) is 23.9. The molecule has 17 unspecified atom stereocenters. The molecule has 3 rings (SSSR count). The monoisotopic (exact) mass is 1210 g/mol. The third-order valence-corrected chi connectivity index (χ3v) is 16.6. The minimum atomic E-state index is -1.98. The Labute approximate surface area is 510 Å². The number of allylic oxidation sites excluding steroid dienone is 7. The van der Waals surface area contributed by atoms with Gasteiger partial charge in [0, 0.05) is 6.42 Å². The molecule has 496 valence electrons. The van der Waals surface area contributed by atoms with E-state index < -0.39 is 124 Å². The average molecular weight is 1210 g/mol. The summed E-state index contributed by atoms with van der Waals surface area (Å²) in [6, 6.07) is -1.00. The Morgan fingerprint density at radius 3 is 1.19 bits per heavy atom. The van der Waals surface area contributed by atoms with Gasteiger partial charge in [-0.25, -0.2) is 0 Å². The molecule has 0 spiro atoms. The van der Waals surface area contributed by atoms with Gasteiger partial charge >= 0.3 is 0 Å². The summed E-state index contributed by atoms with van der Waals surface area (Å²) < 4.78 is 34.2. The molecule has 17 atom stereocenters. The van der Waals surface area contributed by atoms with Crippen LogP contribution in [0.1, 0.15) is 232 Å². The van der Waals surface area contributed by atoms with E-state index in [1.54, 1.807) is 6.08 Å². The SMILES string of the molecule is CCCCCC/C=C\CCCCCCCC(=O)NC(COC1OC(CO)C(OC2OC(CO)C(OC3OC(CO)C(O)C(O)C3O)C(O)C2O)C(O)C1O)C(O)/C=C/CC/C=C/CC/C=C/CCCCCCCCCCCCCCCCCCC. The third-order valence-electron chi connectivity index (χ3n) is 16.6. The lowest BCUT2D eigenvalue weighted by molar-refractivity contribution is -0.379. The molecule has 0 aromatic rings. The van der Waals surface area contributed by atoms with E-state index in [9.17, 15) is 61.0 Å². The van der Waals surface area contributed by atoms with Gasteiger partial charge in [-0.1, -0.05) is 204 Å². The summed E-state index contributed by atoms with van der Waals surface area (Å²) in [5, 5.41) is 120. The van der Waals surface area contributed by atoms with Crippen molar-refractivity contribution in [2.75, 3.05) is 26.4 Å². The summed E-state index contributed by atoms with van der Waals surface area (Å²) in [6.45, 7) is 1.68. The zero-order chi connectivity index (χ0) is 61.9. The lowest BCUT2D eigenvalue weighted by atomic mass is 9.96. The highest BCUT2D eigenvalue weighted by molar-refractivity contribution is 5.76. The molecule has 85 heavy (non-hydrogen) atoms. The van der Waals surface area contributed by atoms with Crippen LogP contribution in [-0.4, -0.2) is 193 Å². The van der Waals surface area contributed by atoms with E-state index in [-0.39, 0.29) is 18.9 Å². The topological polar surface area (TPSA) is 307 Å². The minimum Gasteiger partial charge on any atom is -0.394 e. The van der Waals surface area contributed by atoms with Crippen LogP contribution in [0.4, 0.5) is 0 Å². The van der Waals surface area contributed by atoms with Gasteiger partial charge in [-0.2, -0.15) is 0 Å². The van der Waals surface area contributed by atoms with E-state index in [4.69, 9.17) is 28.4 Å². The number of carbonyl (C=O) groups is 1. The van der Waals surface area contributed by atoms with Gasteiger partial charge in [0.15, 0.2) is 18.9 Å². The summed E-state index contributed by atoms with van der Waals surface area (Å²) in [5.41, 5.74) is 0. The number of amides is 1. The van der Waals surface area contributed by atoms with Crippen LogP contribution < -0.4 is 5.32 Å². The molecule has 1 amide bonds. The van der Waals surface area contributed by atoms with Crippen molar-refractivity contribution in [3.63, 3.8) is 0 Å². The van der Waals surface area contributed by atoms with E-state index >= 15 is 0 Å². The predicted molar refractivity (Wildman–Crippen MR) is 328 cm³/mol. The second kappa shape index (κ2) is 48.6. The highest BCUT2D eigenvalue weighted by Gasteiger charge is 2.53. The van der Waals surface area contributed by atoms with Crippen LogP contribution in [0.2, 0.25) is 0 Å². The maximum absolute atomic E-state index is 13.3. The van der Waals surface area contributed by atoms with Crippen molar-refractivity contribution in [1.82, 2.24) is 5.32 Å². The first-order valence-electron chi connectivity index (χ1n) is 33.4. The Bertz CT molecular complexity index is 1740.